The van der Waals surface area contributed by atoms with Gasteiger partial charge in [0.05, 0.1) is 17.0 Å². The highest BCUT2D eigenvalue weighted by molar-refractivity contribution is 7.98. The van der Waals surface area contributed by atoms with E-state index < -0.39 is 15.9 Å². The van der Waals surface area contributed by atoms with Crippen molar-refractivity contribution in [3.8, 4) is 0 Å². The molecule has 35 heavy (non-hydrogen) atoms. The lowest BCUT2D eigenvalue weighted by Crippen LogP contribution is -2.41. The summed E-state index contributed by atoms with van der Waals surface area (Å²) < 4.78 is 27.4. The van der Waals surface area contributed by atoms with Crippen LogP contribution in [0, 0.1) is 5.92 Å². The smallest absolute Gasteiger partial charge is 0.251 e. The molecule has 0 atom stereocenters. The molecule has 3 heterocycles. The molecule has 1 fully saturated rings. The van der Waals surface area contributed by atoms with E-state index in [1.807, 2.05) is 6.26 Å². The zero-order valence-electron chi connectivity index (χ0n) is 19.6. The lowest BCUT2D eigenvalue weighted by molar-refractivity contribution is -0.129. The second-order valence-corrected chi connectivity index (χ2v) is 12.5. The van der Waals surface area contributed by atoms with E-state index in [-0.39, 0.29) is 35.7 Å². The molecule has 3 amide bonds. The molecular weight excluding hydrogens is 508 g/mol. The maximum Gasteiger partial charge on any atom is 0.251 e. The number of piperidine rings is 1. The van der Waals surface area contributed by atoms with Crippen molar-refractivity contribution in [1.82, 2.24) is 9.21 Å². The molecule has 0 bridgehead atoms. The van der Waals surface area contributed by atoms with Gasteiger partial charge in [-0.3, -0.25) is 14.4 Å². The van der Waals surface area contributed by atoms with E-state index in [2.05, 4.69) is 5.32 Å². The summed E-state index contributed by atoms with van der Waals surface area (Å²) in [6.45, 7) is 2.87. The largest absolute Gasteiger partial charge is 0.365 e. The normalized spacial score (nSPS) is 17.1. The van der Waals surface area contributed by atoms with Crippen LogP contribution < -0.4 is 11.1 Å². The summed E-state index contributed by atoms with van der Waals surface area (Å²) in [7, 11) is -3.63. The molecule has 1 saturated heterocycles. The molecular formula is C23H28N4O5S3. The molecule has 0 spiro atoms. The number of nitrogens with two attached hydrogens (primary N) is 1. The number of thiophene rings is 1. The van der Waals surface area contributed by atoms with E-state index in [0.29, 0.717) is 42.9 Å². The van der Waals surface area contributed by atoms with Crippen molar-refractivity contribution in [2.24, 2.45) is 11.7 Å². The van der Waals surface area contributed by atoms with E-state index >= 15 is 0 Å². The predicted octanol–water partition coefficient (Wildman–Crippen LogP) is 2.51. The van der Waals surface area contributed by atoms with Crippen LogP contribution in [0.4, 0.5) is 5.00 Å². The van der Waals surface area contributed by atoms with Crippen molar-refractivity contribution >= 4 is 55.8 Å². The molecule has 0 radical (unpaired) electrons. The molecule has 0 unspecified atom stereocenters. The van der Waals surface area contributed by atoms with Crippen molar-refractivity contribution < 1.29 is 22.8 Å². The van der Waals surface area contributed by atoms with Crippen LogP contribution in [-0.2, 0) is 32.6 Å². The van der Waals surface area contributed by atoms with E-state index in [4.69, 9.17) is 5.73 Å². The SMILES string of the molecule is CSc1ccc(S(=O)(=O)N2CCC(C(=O)Nc3sc4c(c3C(N)=O)CCN(C(C)=O)C4)CC2)cc1. The van der Waals surface area contributed by atoms with E-state index in [0.717, 1.165) is 15.3 Å². The molecule has 9 nitrogen and oxygen atoms in total. The molecule has 1 aromatic heterocycles. The fourth-order valence-electron chi connectivity index (χ4n) is 4.49. The standard InChI is InChI=1S/C23H28N4O5S3/c1-14(28)26-10-9-18-19(13-26)34-23(20(18)21(24)29)25-22(30)15-7-11-27(12-8-15)35(31,32)17-5-3-16(33-2)4-6-17/h3-6,15H,7-13H2,1-2H3,(H2,24,29)(H,25,30). The summed E-state index contributed by atoms with van der Waals surface area (Å²) in [5, 5.41) is 3.27. The number of fused-ring (bicyclic) bond motifs is 1. The van der Waals surface area contributed by atoms with Crippen LogP contribution in [0.15, 0.2) is 34.1 Å². The maximum atomic E-state index is 13.0. The number of primary amides is 1. The van der Waals surface area contributed by atoms with Crippen LogP contribution in [0.25, 0.3) is 0 Å². The highest BCUT2D eigenvalue weighted by Gasteiger charge is 2.34. The van der Waals surface area contributed by atoms with Gasteiger partial charge in [-0.15, -0.1) is 23.1 Å². The Morgan fingerprint density at radius 3 is 2.34 bits per heavy atom. The first kappa shape index (κ1) is 25.7. The monoisotopic (exact) mass is 536 g/mol. The third kappa shape index (κ3) is 5.25. The zero-order valence-corrected chi connectivity index (χ0v) is 22.0. The van der Waals surface area contributed by atoms with Gasteiger partial charge in [0.25, 0.3) is 5.91 Å². The third-order valence-electron chi connectivity index (χ3n) is 6.51. The molecule has 2 aliphatic rings. The fourth-order valence-corrected chi connectivity index (χ4v) is 7.64. The number of thioether (sulfide) groups is 1. The molecule has 2 aromatic rings. The summed E-state index contributed by atoms with van der Waals surface area (Å²) in [5.74, 6) is -1.29. The van der Waals surface area contributed by atoms with Crippen molar-refractivity contribution in [2.75, 3.05) is 31.2 Å². The first-order valence-electron chi connectivity index (χ1n) is 11.3. The zero-order chi connectivity index (χ0) is 25.3. The van der Waals surface area contributed by atoms with Crippen molar-refractivity contribution in [1.29, 1.82) is 0 Å². The molecule has 4 rings (SSSR count). The number of nitrogens with zero attached hydrogens (tertiary/aromatic N) is 2. The van der Waals surface area contributed by atoms with Crippen LogP contribution in [0.3, 0.4) is 0 Å². The Bertz CT molecular complexity index is 1250. The Hall–Kier alpha value is -2.41. The van der Waals surface area contributed by atoms with Crippen molar-refractivity contribution in [2.45, 2.75) is 42.5 Å². The lowest BCUT2D eigenvalue weighted by Gasteiger charge is -2.30. The molecule has 12 heteroatoms. The second-order valence-electron chi connectivity index (χ2n) is 8.61. The minimum atomic E-state index is -3.63. The van der Waals surface area contributed by atoms with E-state index in [9.17, 15) is 22.8 Å². The molecule has 1 aromatic carbocycles. The van der Waals surface area contributed by atoms with Crippen molar-refractivity contribution in [3.05, 3.63) is 40.3 Å². The number of benzene rings is 1. The average molecular weight is 537 g/mol. The topological polar surface area (TPSA) is 130 Å². The van der Waals surface area contributed by atoms with Crippen LogP contribution in [-0.4, -0.2) is 61.2 Å². The fraction of sp³-hybridized carbons (Fsp3) is 0.435. The number of carbonyl (C=O) groups is 3. The quantitative estimate of drug-likeness (QED) is 0.546. The minimum absolute atomic E-state index is 0.0443. The number of hydrogen-bond acceptors (Lipinski definition) is 7. The number of amides is 3. The molecule has 0 aliphatic carbocycles. The molecule has 188 valence electrons. The Balaban J connectivity index is 1.43. The third-order valence-corrected chi connectivity index (χ3v) is 10.3. The van der Waals surface area contributed by atoms with Gasteiger partial charge < -0.3 is 16.0 Å². The van der Waals surface area contributed by atoms with E-state index in [1.165, 1.54) is 22.6 Å². The number of hydrogen-bond donors (Lipinski definition) is 2. The van der Waals surface area contributed by atoms with Gasteiger partial charge in [0.1, 0.15) is 5.00 Å². The summed E-state index contributed by atoms with van der Waals surface area (Å²) >= 11 is 2.82. The maximum absolute atomic E-state index is 13.0. The highest BCUT2D eigenvalue weighted by Crippen LogP contribution is 2.37. The van der Waals surface area contributed by atoms with Crippen LogP contribution in [0.2, 0.25) is 0 Å². The van der Waals surface area contributed by atoms with Crippen LogP contribution in [0.5, 0.6) is 0 Å². The number of nitrogens with one attached hydrogen (secondary N) is 1. The number of anilines is 1. The number of carbonyl (C=O) groups excluding carboxylic acids is 3. The minimum Gasteiger partial charge on any atom is -0.365 e. The first-order chi connectivity index (χ1) is 16.6. The predicted molar refractivity (Wildman–Crippen MR) is 136 cm³/mol. The van der Waals surface area contributed by atoms with Gasteiger partial charge in [-0.25, -0.2) is 8.42 Å². The van der Waals surface area contributed by atoms with Crippen molar-refractivity contribution in [3.63, 3.8) is 0 Å². The average Bonchev–Trinajstić information content (AvgIpc) is 3.21. The summed E-state index contributed by atoms with van der Waals surface area (Å²) in [4.78, 5) is 40.7. The lowest BCUT2D eigenvalue weighted by atomic mass is 9.97. The molecule has 2 aliphatic heterocycles. The van der Waals surface area contributed by atoms with Gasteiger partial charge in [-0.2, -0.15) is 4.31 Å². The summed E-state index contributed by atoms with van der Waals surface area (Å²) in [6.07, 6.45) is 3.19. The Labute approximate surface area is 213 Å². The Morgan fingerprint density at radius 1 is 1.11 bits per heavy atom. The number of sulfonamides is 1. The highest BCUT2D eigenvalue weighted by atomic mass is 32.2. The summed E-state index contributed by atoms with van der Waals surface area (Å²) in [5.41, 5.74) is 6.74. The van der Waals surface area contributed by atoms with Gasteiger partial charge >= 0.3 is 0 Å². The van der Waals surface area contributed by atoms with Gasteiger partial charge in [0.2, 0.25) is 21.8 Å². The van der Waals surface area contributed by atoms with Gasteiger partial charge in [-0.05, 0) is 55.3 Å². The van der Waals surface area contributed by atoms with Gasteiger partial charge in [0.15, 0.2) is 0 Å². The first-order valence-corrected chi connectivity index (χ1v) is 14.7. The summed E-state index contributed by atoms with van der Waals surface area (Å²) in [6, 6.07) is 6.78. The molecule has 0 saturated carbocycles. The van der Waals surface area contributed by atoms with Gasteiger partial charge in [-0.1, -0.05) is 0 Å². The molecule has 3 N–H and O–H groups in total. The Morgan fingerprint density at radius 2 is 1.77 bits per heavy atom. The van der Waals surface area contributed by atoms with Gasteiger partial charge in [0, 0.05) is 42.2 Å². The van der Waals surface area contributed by atoms with Crippen LogP contribution >= 0.6 is 23.1 Å². The number of rotatable bonds is 6. The van der Waals surface area contributed by atoms with Crippen LogP contribution in [0.1, 0.15) is 40.6 Å². The second kappa shape index (κ2) is 10.3. The Kier molecular flexibility index (Phi) is 7.55. The van der Waals surface area contributed by atoms with E-state index in [1.54, 1.807) is 40.9 Å².